The maximum Gasteiger partial charge on any atom is 0.472 e. The summed E-state index contributed by atoms with van der Waals surface area (Å²) in [5, 5.41) is 13.9. The SMILES string of the molecule is CC/C=C\C/C=C\C/C=C\C/C=C\C/C=C\C/C=C\C/C=C\C/C=C\C/C=C\C/C=C\C/C=C\CCCCCC(=O)NC(COP(=O)(O)OCC[N+](C)(C)C)C(O)/C=C/CCCCCCCCCCCCCC. The Kier molecular flexibility index (Phi) is 50.6. The van der Waals surface area contributed by atoms with Gasteiger partial charge in [-0.15, -0.1) is 0 Å². The third-order valence-electron chi connectivity index (χ3n) is 11.8. The van der Waals surface area contributed by atoms with Crippen LogP contribution >= 0.6 is 7.82 Å². The molecule has 0 radical (unpaired) electrons. The van der Waals surface area contributed by atoms with Crippen LogP contribution in [0.1, 0.15) is 200 Å². The van der Waals surface area contributed by atoms with Gasteiger partial charge in [-0.1, -0.05) is 237 Å². The molecule has 0 fully saturated rings. The van der Waals surface area contributed by atoms with E-state index in [2.05, 4.69) is 153 Å². The normalized spacial score (nSPS) is 15.0. The molecule has 0 aliphatic rings. The Hall–Kier alpha value is -3.62. The number of likely N-dealkylation sites (N-methyl/N-ethyl adjacent to an activating group) is 1. The summed E-state index contributed by atoms with van der Waals surface area (Å²) in [6.07, 6.45) is 82.3. The maximum atomic E-state index is 12.9. The molecule has 0 aromatic rings. The monoisotopic (exact) mass is 1030 g/mol. The third-order valence-corrected chi connectivity index (χ3v) is 12.8. The first-order valence-corrected chi connectivity index (χ1v) is 30.2. The fraction of sp³-hybridized carbons (Fsp3) is 0.609. The summed E-state index contributed by atoms with van der Waals surface area (Å²) < 4.78 is 23.6. The highest BCUT2D eigenvalue weighted by molar-refractivity contribution is 7.47. The lowest BCUT2D eigenvalue weighted by atomic mass is 10.0. The summed E-state index contributed by atoms with van der Waals surface area (Å²) in [6, 6.07) is -0.875. The smallest absolute Gasteiger partial charge is 0.387 e. The van der Waals surface area contributed by atoms with Gasteiger partial charge in [0.2, 0.25) is 5.91 Å². The van der Waals surface area contributed by atoms with E-state index in [9.17, 15) is 19.4 Å². The first kappa shape index (κ1) is 69.4. The average molecular weight is 1030 g/mol. The molecule has 0 heterocycles. The van der Waals surface area contributed by atoms with Crippen LogP contribution in [0.25, 0.3) is 0 Å². The number of phosphoric acid groups is 1. The van der Waals surface area contributed by atoms with Crippen molar-refractivity contribution in [2.24, 2.45) is 0 Å². The second kappa shape index (κ2) is 53.2. The Morgan fingerprint density at radius 1 is 0.479 bits per heavy atom. The number of carbonyl (C=O) groups is 1. The van der Waals surface area contributed by atoms with Gasteiger partial charge in [0.05, 0.1) is 39.9 Å². The molecule has 0 aromatic heterocycles. The van der Waals surface area contributed by atoms with Gasteiger partial charge in [0.15, 0.2) is 0 Å². The molecular weight excluding hydrogens is 924 g/mol. The van der Waals surface area contributed by atoms with Crippen molar-refractivity contribution in [2.45, 2.75) is 212 Å². The number of rotatable bonds is 50. The minimum Gasteiger partial charge on any atom is -0.387 e. The lowest BCUT2D eigenvalue weighted by molar-refractivity contribution is -0.870. The van der Waals surface area contributed by atoms with Crippen molar-refractivity contribution in [3.63, 3.8) is 0 Å². The number of carbonyl (C=O) groups excluding carboxylic acids is 1. The number of unbranched alkanes of at least 4 members (excludes halogenated alkanes) is 15. The fourth-order valence-electron chi connectivity index (χ4n) is 7.34. The molecule has 3 unspecified atom stereocenters. The van der Waals surface area contributed by atoms with Gasteiger partial charge in [-0.3, -0.25) is 13.8 Å². The molecule has 8 nitrogen and oxygen atoms in total. The minimum atomic E-state index is -4.36. The van der Waals surface area contributed by atoms with E-state index < -0.39 is 20.0 Å². The van der Waals surface area contributed by atoms with E-state index in [0.29, 0.717) is 23.9 Å². The van der Waals surface area contributed by atoms with Crippen LogP contribution in [0.15, 0.2) is 146 Å². The van der Waals surface area contributed by atoms with Crippen molar-refractivity contribution < 1.29 is 32.9 Å². The molecule has 73 heavy (non-hydrogen) atoms. The summed E-state index contributed by atoms with van der Waals surface area (Å²) in [7, 11) is 1.53. The van der Waals surface area contributed by atoms with Crippen molar-refractivity contribution in [1.82, 2.24) is 5.32 Å². The molecule has 3 atom stereocenters. The van der Waals surface area contributed by atoms with Gasteiger partial charge in [-0.2, -0.15) is 0 Å². The Labute approximate surface area is 449 Å². The molecule has 0 bridgehead atoms. The zero-order valence-corrected chi connectivity index (χ0v) is 48.0. The van der Waals surface area contributed by atoms with Crippen LogP contribution in [-0.4, -0.2) is 73.4 Å². The topological polar surface area (TPSA) is 105 Å². The molecule has 0 saturated heterocycles. The van der Waals surface area contributed by atoms with Crippen molar-refractivity contribution in [2.75, 3.05) is 40.9 Å². The number of nitrogens with one attached hydrogen (secondary N) is 1. The van der Waals surface area contributed by atoms with Crippen LogP contribution in [0.3, 0.4) is 0 Å². The molecule has 9 heteroatoms. The fourth-order valence-corrected chi connectivity index (χ4v) is 8.07. The largest absolute Gasteiger partial charge is 0.472 e. The van der Waals surface area contributed by atoms with Gasteiger partial charge in [-0.05, 0) is 103 Å². The number of amides is 1. The van der Waals surface area contributed by atoms with E-state index in [0.717, 1.165) is 109 Å². The molecule has 0 rings (SSSR count). The number of aliphatic hydroxyl groups excluding tert-OH is 1. The molecule has 3 N–H and O–H groups in total. The van der Waals surface area contributed by atoms with Crippen LogP contribution in [0.2, 0.25) is 0 Å². The van der Waals surface area contributed by atoms with E-state index >= 15 is 0 Å². The zero-order chi connectivity index (χ0) is 53.5. The van der Waals surface area contributed by atoms with Crippen molar-refractivity contribution >= 4 is 13.7 Å². The molecule has 414 valence electrons. The molecular formula is C64H108N2O6P+. The van der Waals surface area contributed by atoms with Crippen molar-refractivity contribution in [1.29, 1.82) is 0 Å². The third kappa shape index (κ3) is 56.0. The average Bonchev–Trinajstić information content (AvgIpc) is 3.35. The quantitative estimate of drug-likeness (QED) is 0.0243. The van der Waals surface area contributed by atoms with Gasteiger partial charge < -0.3 is 19.8 Å². The maximum absolute atomic E-state index is 12.9. The van der Waals surface area contributed by atoms with Crippen LogP contribution < -0.4 is 5.32 Å². The lowest BCUT2D eigenvalue weighted by Crippen LogP contribution is -2.45. The second-order valence-electron chi connectivity index (χ2n) is 19.9. The number of quaternary nitrogens is 1. The number of allylic oxidation sites excluding steroid dienone is 23. The molecule has 0 aliphatic heterocycles. The van der Waals surface area contributed by atoms with Gasteiger partial charge >= 0.3 is 7.82 Å². The second-order valence-corrected chi connectivity index (χ2v) is 21.4. The van der Waals surface area contributed by atoms with Gasteiger partial charge in [0.25, 0.3) is 0 Å². The summed E-state index contributed by atoms with van der Waals surface area (Å²) in [5.41, 5.74) is 0. The number of hydrogen-bond acceptors (Lipinski definition) is 5. The number of aliphatic hydroxyl groups is 1. The molecule has 0 spiro atoms. The van der Waals surface area contributed by atoms with Gasteiger partial charge in [0, 0.05) is 6.42 Å². The Morgan fingerprint density at radius 3 is 1.21 bits per heavy atom. The standard InChI is InChI=1S/C64H107N2O6P/c1-6-8-10-12-14-16-18-20-22-23-24-25-26-27-28-29-30-31-32-33-34-35-36-37-38-39-40-41-42-43-44-46-48-50-52-54-56-58-64(68)65-62(61-72-73(69,70)71-60-59-66(3,4)5)63(67)57-55-53-51-49-47-45-21-19-17-15-13-11-9-7-2/h8,10,14,16,20,22,24-25,27-28,30-31,33-34,36-37,39-40,42-43,46,48,55,57,62-63,67H,6-7,9,11-13,15,17-19,21,23,26,29,32,35,38,41,44-45,47,49-54,56,58-61H2,1-5H3,(H-,65,68,69,70)/p+1/b10-8-,16-14-,22-20-,25-24-,28-27-,31-30-,34-33-,37-36-,40-39-,43-42-,48-46-,57-55+. The highest BCUT2D eigenvalue weighted by Crippen LogP contribution is 2.43. The van der Waals surface area contributed by atoms with E-state index in [1.165, 1.54) is 64.2 Å². The predicted octanol–water partition coefficient (Wildman–Crippen LogP) is 17.7. The van der Waals surface area contributed by atoms with Crippen molar-refractivity contribution in [3.05, 3.63) is 146 Å². The first-order valence-electron chi connectivity index (χ1n) is 28.7. The van der Waals surface area contributed by atoms with Crippen LogP contribution in [0.4, 0.5) is 0 Å². The highest BCUT2D eigenvalue weighted by atomic mass is 31.2. The van der Waals surface area contributed by atoms with Crippen molar-refractivity contribution in [3.8, 4) is 0 Å². The van der Waals surface area contributed by atoms with Crippen LogP contribution in [-0.2, 0) is 18.4 Å². The zero-order valence-electron chi connectivity index (χ0n) is 47.1. The number of hydrogen-bond donors (Lipinski definition) is 3. The van der Waals surface area contributed by atoms with Crippen LogP contribution in [0, 0.1) is 0 Å². The van der Waals surface area contributed by atoms with E-state index in [-0.39, 0.29) is 19.1 Å². The molecule has 0 saturated carbocycles. The van der Waals surface area contributed by atoms with Gasteiger partial charge in [-0.25, -0.2) is 4.57 Å². The van der Waals surface area contributed by atoms with E-state index in [1.54, 1.807) is 6.08 Å². The summed E-state index contributed by atoms with van der Waals surface area (Å²) in [5.74, 6) is -0.216. The Bertz CT molecular complexity index is 1690. The summed E-state index contributed by atoms with van der Waals surface area (Å²) in [4.78, 5) is 23.2. The highest BCUT2D eigenvalue weighted by Gasteiger charge is 2.27. The lowest BCUT2D eigenvalue weighted by Gasteiger charge is -2.25. The molecule has 0 aliphatic carbocycles. The summed E-state index contributed by atoms with van der Waals surface area (Å²) in [6.45, 7) is 4.65. The Balaban J connectivity index is 4.27. The summed E-state index contributed by atoms with van der Waals surface area (Å²) >= 11 is 0. The van der Waals surface area contributed by atoms with Gasteiger partial charge in [0.1, 0.15) is 13.2 Å². The molecule has 1 amide bonds. The van der Waals surface area contributed by atoms with Crippen LogP contribution in [0.5, 0.6) is 0 Å². The first-order chi connectivity index (χ1) is 35.5. The predicted molar refractivity (Wildman–Crippen MR) is 317 cm³/mol. The number of nitrogens with zero attached hydrogens (tertiary/aromatic N) is 1. The number of phosphoric ester groups is 1. The molecule has 0 aromatic carbocycles. The van der Waals surface area contributed by atoms with E-state index in [4.69, 9.17) is 9.05 Å². The van der Waals surface area contributed by atoms with E-state index in [1.807, 2.05) is 27.2 Å². The Morgan fingerprint density at radius 2 is 0.822 bits per heavy atom. The minimum absolute atomic E-state index is 0.0467.